The fourth-order valence-electron chi connectivity index (χ4n) is 3.06. The zero-order valence-corrected chi connectivity index (χ0v) is 11.9. The molecule has 0 N–H and O–H groups in total. The number of nitrogens with zero attached hydrogens (tertiary/aromatic N) is 1. The van der Waals surface area contributed by atoms with Gasteiger partial charge in [0.2, 0.25) is 0 Å². The number of rotatable bonds is 4. The van der Waals surface area contributed by atoms with Crippen LogP contribution in [0.1, 0.15) is 39.5 Å². The van der Waals surface area contributed by atoms with Crippen LogP contribution in [-0.2, 0) is 9.59 Å². The zero-order chi connectivity index (χ0) is 14.0. The topological polar surface area (TPSA) is 37.4 Å². The van der Waals surface area contributed by atoms with Gasteiger partial charge in [-0.3, -0.25) is 9.59 Å². The van der Waals surface area contributed by atoms with Gasteiger partial charge < -0.3 is 4.90 Å². The van der Waals surface area contributed by atoms with Gasteiger partial charge in [-0.2, -0.15) is 0 Å². The van der Waals surface area contributed by atoms with E-state index in [0.29, 0.717) is 11.7 Å². The number of amides is 1. The van der Waals surface area contributed by atoms with Crippen LogP contribution in [0.5, 0.6) is 0 Å². The first-order chi connectivity index (χ1) is 8.99. The summed E-state index contributed by atoms with van der Waals surface area (Å²) in [5, 5.41) is 0. The Labute approximate surface area is 115 Å². The van der Waals surface area contributed by atoms with Crippen molar-refractivity contribution < 1.29 is 9.59 Å². The summed E-state index contributed by atoms with van der Waals surface area (Å²) < 4.78 is 0. The molecule has 0 saturated heterocycles. The van der Waals surface area contributed by atoms with Crippen molar-refractivity contribution in [2.45, 2.75) is 39.5 Å². The summed E-state index contributed by atoms with van der Waals surface area (Å²) in [6.07, 6.45) is 7.39. The van der Waals surface area contributed by atoms with Crippen LogP contribution in [0, 0.1) is 17.8 Å². The van der Waals surface area contributed by atoms with Gasteiger partial charge in [-0.25, -0.2) is 0 Å². The van der Waals surface area contributed by atoms with Crippen LogP contribution in [0.3, 0.4) is 0 Å². The van der Waals surface area contributed by atoms with Crippen LogP contribution in [0.2, 0.25) is 0 Å². The summed E-state index contributed by atoms with van der Waals surface area (Å²) in [5.74, 6) is 1.35. The van der Waals surface area contributed by atoms with E-state index in [2.05, 4.69) is 6.58 Å². The Hall–Kier alpha value is -1.38. The predicted molar refractivity (Wildman–Crippen MR) is 75.3 cm³/mol. The van der Waals surface area contributed by atoms with Crippen molar-refractivity contribution in [2.75, 3.05) is 6.54 Å². The van der Waals surface area contributed by atoms with Crippen molar-refractivity contribution in [3.05, 3.63) is 24.4 Å². The van der Waals surface area contributed by atoms with Crippen LogP contribution in [0.25, 0.3) is 0 Å². The van der Waals surface area contributed by atoms with Gasteiger partial charge in [0.15, 0.2) is 0 Å². The lowest BCUT2D eigenvalue weighted by Gasteiger charge is -2.31. The molecule has 104 valence electrons. The van der Waals surface area contributed by atoms with Gasteiger partial charge in [-0.1, -0.05) is 20.4 Å². The van der Waals surface area contributed by atoms with Crippen molar-refractivity contribution in [3.63, 3.8) is 0 Å². The minimum absolute atomic E-state index is 0.0466. The fraction of sp³-hybridized carbons (Fsp3) is 0.625. The Morgan fingerprint density at radius 1 is 1.32 bits per heavy atom. The average Bonchev–Trinajstić information content (AvgIpc) is 2.70. The van der Waals surface area contributed by atoms with E-state index in [4.69, 9.17) is 0 Å². The molecule has 0 aromatic heterocycles. The Balaban J connectivity index is 1.82. The molecule has 0 spiro atoms. The maximum Gasteiger partial charge on any atom is 0.251 e. The van der Waals surface area contributed by atoms with Crippen LogP contribution in [0.4, 0.5) is 0 Å². The van der Waals surface area contributed by atoms with E-state index in [9.17, 15) is 9.59 Å². The summed E-state index contributed by atoms with van der Waals surface area (Å²) in [4.78, 5) is 25.4. The highest BCUT2D eigenvalue weighted by Crippen LogP contribution is 2.32. The molecule has 1 heterocycles. The predicted octanol–water partition coefficient (Wildman–Crippen LogP) is 2.93. The summed E-state index contributed by atoms with van der Waals surface area (Å²) in [5.41, 5.74) is 0.797. The largest absolute Gasteiger partial charge is 0.309 e. The number of carbonyl (C=O) groups excluding carboxylic acids is 2. The van der Waals surface area contributed by atoms with Gasteiger partial charge in [-0.15, -0.1) is 0 Å². The average molecular weight is 261 g/mol. The Morgan fingerprint density at radius 2 is 1.95 bits per heavy atom. The minimum atomic E-state index is 0.0466. The standard InChI is InChI=1S/C16H23NO2/c1-11(2)16(19)14-7-5-13(6-8-14)10-17-12(3)4-9-15(17)18/h4,9,11,13-14H,3,5-8,10H2,1-2H3. The van der Waals surface area contributed by atoms with Gasteiger partial charge in [-0.05, 0) is 37.7 Å². The van der Waals surface area contributed by atoms with E-state index in [1.165, 1.54) is 0 Å². The van der Waals surface area contributed by atoms with Gasteiger partial charge >= 0.3 is 0 Å². The van der Waals surface area contributed by atoms with E-state index in [0.717, 1.165) is 37.9 Å². The highest BCUT2D eigenvalue weighted by molar-refractivity contribution is 5.93. The van der Waals surface area contributed by atoms with Crippen LogP contribution in [0.15, 0.2) is 24.4 Å². The summed E-state index contributed by atoms with van der Waals surface area (Å²) >= 11 is 0. The van der Waals surface area contributed by atoms with E-state index < -0.39 is 0 Å². The minimum Gasteiger partial charge on any atom is -0.309 e. The van der Waals surface area contributed by atoms with Gasteiger partial charge in [0.1, 0.15) is 5.78 Å². The summed E-state index contributed by atoms with van der Waals surface area (Å²) in [7, 11) is 0. The van der Waals surface area contributed by atoms with Crippen LogP contribution in [-0.4, -0.2) is 23.1 Å². The van der Waals surface area contributed by atoms with Crippen LogP contribution >= 0.6 is 0 Å². The molecular formula is C16H23NO2. The maximum atomic E-state index is 12.0. The molecule has 0 atom stereocenters. The molecule has 1 aliphatic heterocycles. The van der Waals surface area contributed by atoms with E-state index in [1.54, 1.807) is 17.1 Å². The number of hydrogen-bond donors (Lipinski definition) is 0. The lowest BCUT2D eigenvalue weighted by molar-refractivity contribution is -0.128. The lowest BCUT2D eigenvalue weighted by Crippen LogP contribution is -2.33. The maximum absolute atomic E-state index is 12.0. The third kappa shape index (κ3) is 3.14. The van der Waals surface area contributed by atoms with E-state index >= 15 is 0 Å². The number of ketones is 1. The van der Waals surface area contributed by atoms with Crippen molar-refractivity contribution in [1.29, 1.82) is 0 Å². The first-order valence-electron chi connectivity index (χ1n) is 7.21. The number of Topliss-reactive ketones (excluding diaryl/α,β-unsaturated/α-hetero) is 1. The first-order valence-corrected chi connectivity index (χ1v) is 7.21. The van der Waals surface area contributed by atoms with E-state index in [1.807, 2.05) is 13.8 Å². The van der Waals surface area contributed by atoms with Gasteiger partial charge in [0.25, 0.3) is 5.91 Å². The van der Waals surface area contributed by atoms with E-state index in [-0.39, 0.29) is 17.7 Å². The third-order valence-corrected chi connectivity index (χ3v) is 4.29. The molecule has 3 heteroatoms. The zero-order valence-electron chi connectivity index (χ0n) is 11.9. The number of allylic oxidation sites excluding steroid dienone is 1. The van der Waals surface area contributed by atoms with Gasteiger partial charge in [0.05, 0.1) is 0 Å². The third-order valence-electron chi connectivity index (χ3n) is 4.29. The summed E-state index contributed by atoms with van der Waals surface area (Å²) in [6, 6.07) is 0. The smallest absolute Gasteiger partial charge is 0.251 e. The highest BCUT2D eigenvalue weighted by Gasteiger charge is 2.30. The Bertz CT molecular complexity index is 396. The molecule has 2 rings (SSSR count). The fourth-order valence-corrected chi connectivity index (χ4v) is 3.06. The molecule has 3 nitrogen and oxygen atoms in total. The second kappa shape index (κ2) is 5.72. The van der Waals surface area contributed by atoms with Crippen molar-refractivity contribution in [3.8, 4) is 0 Å². The van der Waals surface area contributed by atoms with Crippen molar-refractivity contribution >= 4 is 11.7 Å². The molecule has 0 radical (unpaired) electrons. The van der Waals surface area contributed by atoms with Crippen LogP contribution < -0.4 is 0 Å². The Kier molecular flexibility index (Phi) is 4.23. The molecule has 0 aromatic carbocycles. The highest BCUT2D eigenvalue weighted by atomic mass is 16.2. The normalized spacial score (nSPS) is 27.4. The molecule has 0 aromatic rings. The number of hydrogen-bond acceptors (Lipinski definition) is 2. The van der Waals surface area contributed by atoms with Gasteiger partial charge in [0, 0.05) is 30.2 Å². The molecular weight excluding hydrogens is 238 g/mol. The quantitative estimate of drug-likeness (QED) is 0.780. The second-order valence-electron chi connectivity index (χ2n) is 6.05. The molecule has 0 bridgehead atoms. The molecule has 1 saturated carbocycles. The first kappa shape index (κ1) is 14.0. The summed E-state index contributed by atoms with van der Waals surface area (Å²) in [6.45, 7) is 8.60. The monoisotopic (exact) mass is 261 g/mol. The molecule has 1 aliphatic carbocycles. The van der Waals surface area contributed by atoms with Crippen molar-refractivity contribution in [2.24, 2.45) is 17.8 Å². The molecule has 1 fully saturated rings. The van der Waals surface area contributed by atoms with Crippen molar-refractivity contribution in [1.82, 2.24) is 4.90 Å². The second-order valence-corrected chi connectivity index (χ2v) is 6.05. The SMILES string of the molecule is C=C1C=CC(=O)N1CC1CCC(C(=O)C(C)C)CC1. The molecule has 1 amide bonds. The Morgan fingerprint density at radius 3 is 2.42 bits per heavy atom. The molecule has 2 aliphatic rings. The molecule has 0 unspecified atom stereocenters. The lowest BCUT2D eigenvalue weighted by atomic mass is 9.77. The number of carbonyl (C=O) groups is 2. The molecule has 19 heavy (non-hydrogen) atoms.